The first-order valence-electron chi connectivity index (χ1n) is 22.8. The van der Waals surface area contributed by atoms with Gasteiger partial charge in [-0.25, -0.2) is 0 Å². The fraction of sp³-hybridized carbons (Fsp3) is 0.957. The molecule has 0 amide bonds. The van der Waals surface area contributed by atoms with E-state index in [1.165, 1.54) is 241 Å². The number of nitrogens with one attached hydrogen (secondary N) is 2. The Morgan fingerprint density at radius 1 is 0.288 bits per heavy atom. The van der Waals surface area contributed by atoms with Crippen molar-refractivity contribution in [3.63, 3.8) is 0 Å². The van der Waals surface area contributed by atoms with Crippen LogP contribution >= 0.6 is 0 Å². The zero-order valence-corrected chi connectivity index (χ0v) is 37.2. The summed E-state index contributed by atoms with van der Waals surface area (Å²) >= 11 is 0. The molecule has 6 nitrogen and oxygen atoms in total. The molecule has 0 aromatic heterocycles. The number of nitrogens with zero attached hydrogens (tertiary/aromatic N) is 4. The van der Waals surface area contributed by atoms with Gasteiger partial charge in [0.05, 0.1) is 54.4 Å². The lowest BCUT2D eigenvalue weighted by molar-refractivity contribution is -0.890. The monoisotopic (exact) mass is 735 g/mol. The molecule has 6 heteroatoms. The predicted octanol–water partition coefficient (Wildman–Crippen LogP) is 15.3. The third kappa shape index (κ3) is 60.8. The molecule has 52 heavy (non-hydrogen) atoms. The molecule has 0 aromatic carbocycles. The van der Waals surface area contributed by atoms with Gasteiger partial charge in [0.1, 0.15) is 0 Å². The van der Waals surface area contributed by atoms with Crippen molar-refractivity contribution in [2.24, 2.45) is 0 Å². The lowest BCUT2D eigenvalue weighted by Crippen LogP contribution is -2.41. The molecular formula is C46H98N6. The maximum absolute atomic E-state index is 6.99. The minimum absolute atomic E-state index is 1.00. The lowest BCUT2D eigenvalue weighted by atomic mass is 10.1. The maximum atomic E-state index is 6.99. The molecule has 0 spiro atoms. The Balaban J connectivity index is -0.000000384. The van der Waals surface area contributed by atoms with E-state index in [1.54, 1.807) is 0 Å². The first kappa shape index (κ1) is 57.4. The van der Waals surface area contributed by atoms with Crippen molar-refractivity contribution in [1.82, 2.24) is 0 Å². The molecule has 0 heterocycles. The van der Waals surface area contributed by atoms with E-state index in [0.29, 0.717) is 0 Å². The second kappa shape index (κ2) is 49.7. The maximum Gasteiger partial charge on any atom is 0.0782 e. The van der Waals surface area contributed by atoms with Gasteiger partial charge >= 0.3 is 0 Å². The number of rotatable bonds is 36. The second-order valence-electron chi connectivity index (χ2n) is 16.9. The van der Waals surface area contributed by atoms with Crippen LogP contribution in [0.1, 0.15) is 233 Å². The summed E-state index contributed by atoms with van der Waals surface area (Å²) in [5.74, 6) is 0. The highest BCUT2D eigenvalue weighted by molar-refractivity contribution is 5.39. The van der Waals surface area contributed by atoms with Gasteiger partial charge < -0.3 is 30.6 Å². The summed E-state index contributed by atoms with van der Waals surface area (Å²) in [7, 11) is 9.73. The third-order valence-electron chi connectivity index (χ3n) is 10.5. The highest BCUT2D eigenvalue weighted by Crippen LogP contribution is 2.15. The third-order valence-corrected chi connectivity index (χ3v) is 10.5. The molecule has 0 unspecified atom stereocenters. The van der Waals surface area contributed by atoms with Crippen molar-refractivity contribution in [3.8, 4) is 0 Å². The molecule has 0 rings (SSSR count). The summed E-state index contributed by atoms with van der Waals surface area (Å²) in [5, 5.41) is 25.0. The molecule has 0 fully saturated rings. The van der Waals surface area contributed by atoms with Gasteiger partial charge in [0.15, 0.2) is 0 Å². The molecular weight excluding hydrogens is 637 g/mol. The van der Waals surface area contributed by atoms with Crippen LogP contribution in [0, 0.1) is 10.8 Å². The van der Waals surface area contributed by atoms with Crippen LogP contribution in [-0.2, 0) is 0 Å². The minimum Gasteiger partial charge on any atom is -0.447 e. The molecule has 0 saturated heterocycles. The Morgan fingerprint density at radius 2 is 0.404 bits per heavy atom. The Kier molecular flexibility index (Phi) is 54.8. The molecule has 0 aliphatic rings. The van der Waals surface area contributed by atoms with Crippen molar-refractivity contribution >= 4 is 12.0 Å². The Labute approximate surface area is 329 Å². The molecule has 0 aromatic rings. The van der Waals surface area contributed by atoms with Gasteiger partial charge in [0.2, 0.25) is 0 Å². The molecule has 0 atom stereocenters. The van der Waals surface area contributed by atoms with Gasteiger partial charge in [-0.15, -0.1) is 0 Å². The van der Waals surface area contributed by atoms with Crippen LogP contribution in [-0.4, -0.2) is 75.4 Å². The largest absolute Gasteiger partial charge is 0.447 e. The smallest absolute Gasteiger partial charge is 0.0782 e. The van der Waals surface area contributed by atoms with Crippen LogP contribution < -0.4 is 0 Å². The van der Waals surface area contributed by atoms with Crippen molar-refractivity contribution in [2.75, 3.05) is 54.4 Å². The van der Waals surface area contributed by atoms with Crippen molar-refractivity contribution in [3.05, 3.63) is 10.8 Å². The first-order valence-corrected chi connectivity index (χ1v) is 22.8. The van der Waals surface area contributed by atoms with Crippen molar-refractivity contribution < 1.29 is 8.97 Å². The fourth-order valence-corrected chi connectivity index (χ4v) is 6.92. The van der Waals surface area contributed by atoms with Gasteiger partial charge in [-0.1, -0.05) is 182 Å². The highest BCUT2D eigenvalue weighted by Gasteiger charge is 2.14. The number of hydrogen-bond acceptors (Lipinski definition) is 2. The van der Waals surface area contributed by atoms with Crippen LogP contribution in [0.2, 0.25) is 0 Å². The van der Waals surface area contributed by atoms with E-state index >= 15 is 0 Å². The molecule has 0 saturated carbocycles. The van der Waals surface area contributed by atoms with Crippen LogP contribution in [0.15, 0.2) is 0 Å². The standard InChI is InChI=1S/2C22H48N.2CHN2/c2*1-5-7-9-11-13-15-17-19-21-23(3,4)22-20-18-16-14-12-10-8-6-2;2*2-1-3/h2*5-22H2,1-4H3;2*2H/q2*+1;2*-1. The second-order valence-corrected chi connectivity index (χ2v) is 16.9. The van der Waals surface area contributed by atoms with Crippen LogP contribution in [0.5, 0.6) is 0 Å². The van der Waals surface area contributed by atoms with Gasteiger partial charge in [-0.05, 0) is 51.4 Å². The van der Waals surface area contributed by atoms with Crippen LogP contribution in [0.3, 0.4) is 0 Å². The SMILES string of the molecule is CCCCCCCCCC[N+](C)(C)CCCCCCCCCC.CCCCCCCCCC[N+](C)(C)CCCCCCCCCC.[N-]=C=N.[N-]=C=N. The molecule has 0 aliphatic carbocycles. The van der Waals surface area contributed by atoms with E-state index in [-0.39, 0.29) is 0 Å². The van der Waals surface area contributed by atoms with E-state index in [2.05, 4.69) is 55.9 Å². The van der Waals surface area contributed by atoms with Gasteiger partial charge in [0, 0.05) is 0 Å². The molecule has 0 aliphatic heterocycles. The summed E-state index contributed by atoms with van der Waals surface area (Å²) in [6.45, 7) is 14.7. The first-order chi connectivity index (χ1) is 25.1. The predicted molar refractivity (Wildman–Crippen MR) is 236 cm³/mol. The molecule has 0 bridgehead atoms. The summed E-state index contributed by atoms with van der Waals surface area (Å²) in [5.41, 5.74) is 0. The molecule has 2 N–H and O–H groups in total. The van der Waals surface area contributed by atoms with E-state index in [0.717, 1.165) is 12.0 Å². The quantitative estimate of drug-likeness (QED) is 0.0364. The number of hydrogen-bond donors (Lipinski definition) is 2. The fourth-order valence-electron chi connectivity index (χ4n) is 6.92. The Hall–Kier alpha value is -1.32. The number of unbranched alkanes of at least 4 members (excludes halogenated alkanes) is 28. The Morgan fingerprint density at radius 3 is 0.538 bits per heavy atom. The highest BCUT2D eigenvalue weighted by atomic mass is 15.3. The van der Waals surface area contributed by atoms with Gasteiger partial charge in [-0.3, -0.25) is 0 Å². The van der Waals surface area contributed by atoms with E-state index in [4.69, 9.17) is 21.6 Å². The van der Waals surface area contributed by atoms with Crippen LogP contribution in [0.25, 0.3) is 10.8 Å². The van der Waals surface area contributed by atoms with E-state index in [1.807, 2.05) is 0 Å². The van der Waals surface area contributed by atoms with Crippen LogP contribution in [0.4, 0.5) is 0 Å². The van der Waals surface area contributed by atoms with Gasteiger partial charge in [0.25, 0.3) is 0 Å². The summed E-state index contributed by atoms with van der Waals surface area (Å²) < 4.78 is 2.48. The number of quaternary nitrogens is 2. The van der Waals surface area contributed by atoms with Crippen molar-refractivity contribution in [2.45, 2.75) is 233 Å². The summed E-state index contributed by atoms with van der Waals surface area (Å²) in [4.78, 5) is 0. The summed E-state index contributed by atoms with van der Waals surface area (Å²) in [6, 6.07) is 2.00. The molecule has 0 radical (unpaired) electrons. The lowest BCUT2D eigenvalue weighted by Gasteiger charge is -2.30. The van der Waals surface area contributed by atoms with E-state index in [9.17, 15) is 0 Å². The van der Waals surface area contributed by atoms with Crippen molar-refractivity contribution in [1.29, 1.82) is 10.8 Å². The van der Waals surface area contributed by atoms with Gasteiger partial charge in [-0.2, -0.15) is 12.0 Å². The summed E-state index contributed by atoms with van der Waals surface area (Å²) in [6.07, 6.45) is 46.1. The zero-order valence-electron chi connectivity index (χ0n) is 37.2. The Bertz CT molecular complexity index is 604. The molecule has 312 valence electrons. The topological polar surface area (TPSA) is 92.3 Å². The zero-order chi connectivity index (χ0) is 39.9. The minimum atomic E-state index is 1.00. The average Bonchev–Trinajstić information content (AvgIpc) is 3.10. The van der Waals surface area contributed by atoms with E-state index < -0.39 is 0 Å². The average molecular weight is 735 g/mol. The normalized spacial score (nSPS) is 10.9.